The fourth-order valence-electron chi connectivity index (χ4n) is 6.06. The molecular weight excluding hydrogens is 552 g/mol. The Hall–Kier alpha value is -2.10. The van der Waals surface area contributed by atoms with Crippen LogP contribution in [0.3, 0.4) is 0 Å². The van der Waals surface area contributed by atoms with E-state index in [1.165, 1.54) is 89.9 Å². The summed E-state index contributed by atoms with van der Waals surface area (Å²) in [5, 5.41) is 6.46. The predicted molar refractivity (Wildman–Crippen MR) is 196 cm³/mol. The van der Waals surface area contributed by atoms with E-state index in [-0.39, 0.29) is 23.9 Å². The third kappa shape index (κ3) is 26.8. The van der Waals surface area contributed by atoms with Gasteiger partial charge in [0.05, 0.1) is 0 Å². The van der Waals surface area contributed by atoms with E-state index in [2.05, 4.69) is 73.1 Å². The van der Waals surface area contributed by atoms with E-state index in [1.54, 1.807) is 0 Å². The highest BCUT2D eigenvalue weighted by molar-refractivity contribution is 5.78. The zero-order valence-electron chi connectivity index (χ0n) is 29.7. The van der Waals surface area contributed by atoms with Crippen LogP contribution in [0.2, 0.25) is 0 Å². The minimum Gasteiger partial charge on any atom is -0.351 e. The Kier molecular flexibility index (Phi) is 29.0. The van der Waals surface area contributed by atoms with Crippen molar-refractivity contribution in [1.82, 2.24) is 10.6 Å². The molecule has 1 aliphatic rings. The molecule has 0 heterocycles. The van der Waals surface area contributed by atoms with Crippen LogP contribution >= 0.6 is 0 Å². The molecule has 4 heteroatoms. The second kappa shape index (κ2) is 31.9. The number of nitrogens with one attached hydrogen (secondary N) is 2. The van der Waals surface area contributed by atoms with Crippen LogP contribution in [0.15, 0.2) is 48.6 Å². The molecule has 0 unspecified atom stereocenters. The van der Waals surface area contributed by atoms with Gasteiger partial charge in [-0.25, -0.2) is 0 Å². The fourth-order valence-corrected chi connectivity index (χ4v) is 6.06. The van der Waals surface area contributed by atoms with Crippen molar-refractivity contribution in [3.8, 4) is 0 Å². The topological polar surface area (TPSA) is 58.2 Å². The second-order valence-corrected chi connectivity index (χ2v) is 13.2. The van der Waals surface area contributed by atoms with Crippen molar-refractivity contribution in [2.24, 2.45) is 0 Å². The summed E-state index contributed by atoms with van der Waals surface area (Å²) in [5.41, 5.74) is 0. The van der Waals surface area contributed by atoms with E-state index < -0.39 is 0 Å². The highest BCUT2D eigenvalue weighted by Crippen LogP contribution is 2.20. The van der Waals surface area contributed by atoms with Crippen molar-refractivity contribution in [3.63, 3.8) is 0 Å². The SMILES string of the molecule is CCCCC/C=C\C/C=C\CCCCCCCC(=O)N[C@H]1CCC[C@H]1NC(=O)CCCCCCC/C=C\C/C=C\CCCCC. The number of hydrogen-bond acceptors (Lipinski definition) is 2. The van der Waals surface area contributed by atoms with E-state index in [0.717, 1.165) is 70.6 Å². The number of allylic oxidation sites excluding steroid dienone is 8. The summed E-state index contributed by atoms with van der Waals surface area (Å²) >= 11 is 0. The van der Waals surface area contributed by atoms with Crippen LogP contribution in [-0.2, 0) is 9.59 Å². The monoisotopic (exact) mass is 625 g/mol. The first kappa shape index (κ1) is 40.9. The van der Waals surface area contributed by atoms with E-state index in [4.69, 9.17) is 0 Å². The maximum absolute atomic E-state index is 12.5. The van der Waals surface area contributed by atoms with Gasteiger partial charge in [0, 0.05) is 24.9 Å². The van der Waals surface area contributed by atoms with Crippen LogP contribution in [0.4, 0.5) is 0 Å². The Morgan fingerprint density at radius 3 is 1.18 bits per heavy atom. The number of carbonyl (C=O) groups excluding carboxylic acids is 2. The van der Waals surface area contributed by atoms with Gasteiger partial charge in [0.25, 0.3) is 0 Å². The summed E-state index contributed by atoms with van der Waals surface area (Å²) < 4.78 is 0. The Morgan fingerprint density at radius 2 is 0.800 bits per heavy atom. The first-order chi connectivity index (χ1) is 22.2. The predicted octanol–water partition coefficient (Wildman–Crippen LogP) is 11.8. The van der Waals surface area contributed by atoms with Crippen LogP contribution in [0.25, 0.3) is 0 Å². The van der Waals surface area contributed by atoms with Crippen molar-refractivity contribution >= 4 is 11.8 Å². The van der Waals surface area contributed by atoms with Crippen LogP contribution in [0.1, 0.15) is 187 Å². The summed E-state index contributed by atoms with van der Waals surface area (Å²) in [4.78, 5) is 25.1. The number of hydrogen-bond donors (Lipinski definition) is 2. The van der Waals surface area contributed by atoms with Gasteiger partial charge in [0.2, 0.25) is 11.8 Å². The van der Waals surface area contributed by atoms with Gasteiger partial charge in [0.15, 0.2) is 0 Å². The normalized spacial score (nSPS) is 17.0. The molecule has 2 amide bonds. The smallest absolute Gasteiger partial charge is 0.220 e. The summed E-state index contributed by atoms with van der Waals surface area (Å²) in [5.74, 6) is 0.307. The zero-order valence-corrected chi connectivity index (χ0v) is 29.7. The summed E-state index contributed by atoms with van der Waals surface area (Å²) in [6.45, 7) is 4.50. The number of unbranched alkanes of at least 4 members (excludes halogenated alkanes) is 16. The maximum atomic E-state index is 12.5. The van der Waals surface area contributed by atoms with Gasteiger partial charge in [-0.15, -0.1) is 0 Å². The van der Waals surface area contributed by atoms with E-state index in [9.17, 15) is 9.59 Å². The van der Waals surface area contributed by atoms with Gasteiger partial charge >= 0.3 is 0 Å². The molecule has 0 aromatic carbocycles. The van der Waals surface area contributed by atoms with E-state index in [0.29, 0.717) is 12.8 Å². The van der Waals surface area contributed by atoms with E-state index in [1.807, 2.05) is 0 Å². The largest absolute Gasteiger partial charge is 0.351 e. The van der Waals surface area contributed by atoms with Crippen LogP contribution < -0.4 is 10.6 Å². The third-order valence-corrected chi connectivity index (χ3v) is 8.92. The lowest BCUT2D eigenvalue weighted by atomic mass is 10.1. The van der Waals surface area contributed by atoms with Gasteiger partial charge in [-0.05, 0) is 96.3 Å². The lowest BCUT2D eigenvalue weighted by molar-refractivity contribution is -0.124. The Balaban J connectivity index is 1.98. The number of carbonyl (C=O) groups is 2. The average Bonchev–Trinajstić information content (AvgIpc) is 3.46. The maximum Gasteiger partial charge on any atom is 0.220 e. The molecule has 1 fully saturated rings. The molecule has 2 N–H and O–H groups in total. The first-order valence-electron chi connectivity index (χ1n) is 19.4. The van der Waals surface area contributed by atoms with Crippen molar-refractivity contribution < 1.29 is 9.59 Å². The molecule has 2 atom stereocenters. The van der Waals surface area contributed by atoms with Crippen molar-refractivity contribution in [3.05, 3.63) is 48.6 Å². The quantitative estimate of drug-likeness (QED) is 0.0617. The van der Waals surface area contributed by atoms with Crippen molar-refractivity contribution in [2.75, 3.05) is 0 Å². The van der Waals surface area contributed by atoms with Crippen LogP contribution in [-0.4, -0.2) is 23.9 Å². The second-order valence-electron chi connectivity index (χ2n) is 13.2. The molecule has 0 radical (unpaired) electrons. The first-order valence-corrected chi connectivity index (χ1v) is 19.4. The molecule has 258 valence electrons. The van der Waals surface area contributed by atoms with Crippen LogP contribution in [0.5, 0.6) is 0 Å². The molecule has 45 heavy (non-hydrogen) atoms. The minimum absolute atomic E-state index is 0.101. The molecule has 0 aliphatic heterocycles. The molecule has 0 aromatic rings. The van der Waals surface area contributed by atoms with Crippen LogP contribution in [0, 0.1) is 0 Å². The number of rotatable bonds is 30. The molecule has 0 spiro atoms. The molecule has 0 aromatic heterocycles. The molecular formula is C41H72N2O2. The van der Waals surface area contributed by atoms with Crippen molar-refractivity contribution in [1.29, 1.82) is 0 Å². The minimum atomic E-state index is 0.101. The molecule has 0 saturated heterocycles. The number of amides is 2. The molecule has 1 saturated carbocycles. The van der Waals surface area contributed by atoms with E-state index >= 15 is 0 Å². The molecule has 1 rings (SSSR count). The van der Waals surface area contributed by atoms with Gasteiger partial charge in [-0.3, -0.25) is 9.59 Å². The summed E-state index contributed by atoms with van der Waals surface area (Å²) in [6, 6.07) is 0.202. The molecule has 1 aliphatic carbocycles. The Bertz CT molecular complexity index is 746. The Labute approximate surface area is 279 Å². The Morgan fingerprint density at radius 1 is 0.467 bits per heavy atom. The van der Waals surface area contributed by atoms with Crippen molar-refractivity contribution in [2.45, 2.75) is 199 Å². The van der Waals surface area contributed by atoms with Gasteiger partial charge in [0.1, 0.15) is 0 Å². The zero-order chi connectivity index (χ0) is 32.5. The van der Waals surface area contributed by atoms with Gasteiger partial charge < -0.3 is 10.6 Å². The standard InChI is InChI=1S/C41H72N2O2/c1-3-5-7-9-11-13-15-17-19-21-23-25-27-29-31-36-40(44)42-38-34-33-35-39(38)43-41(45)37-32-30-28-26-24-22-20-18-16-14-12-10-8-6-4-2/h11-14,17-20,38-39H,3-10,15-16,21-37H2,1-2H3,(H,42,44)(H,43,45)/b13-11-,14-12-,19-17-,20-18-/t38-,39+. The molecule has 4 nitrogen and oxygen atoms in total. The summed E-state index contributed by atoms with van der Waals surface area (Å²) in [6.07, 6.45) is 48.9. The lowest BCUT2D eigenvalue weighted by Crippen LogP contribution is -2.48. The average molecular weight is 625 g/mol. The summed E-state index contributed by atoms with van der Waals surface area (Å²) in [7, 11) is 0. The highest BCUT2D eigenvalue weighted by Gasteiger charge is 2.29. The van der Waals surface area contributed by atoms with Gasteiger partial charge in [-0.1, -0.05) is 127 Å². The lowest BCUT2D eigenvalue weighted by Gasteiger charge is -2.22. The van der Waals surface area contributed by atoms with Gasteiger partial charge in [-0.2, -0.15) is 0 Å². The fraction of sp³-hybridized carbons (Fsp3) is 0.756. The third-order valence-electron chi connectivity index (χ3n) is 8.92. The molecule has 0 bridgehead atoms. The highest BCUT2D eigenvalue weighted by atomic mass is 16.2.